The first kappa shape index (κ1) is 14.7. The van der Waals surface area contributed by atoms with E-state index in [2.05, 4.69) is 5.32 Å². The molecule has 0 spiro atoms. The lowest BCUT2D eigenvalue weighted by Crippen LogP contribution is -2.35. The predicted octanol–water partition coefficient (Wildman–Crippen LogP) is 2.99. The molecule has 0 aliphatic heterocycles. The van der Waals surface area contributed by atoms with Crippen molar-refractivity contribution in [1.82, 2.24) is 5.32 Å². The zero-order chi connectivity index (χ0) is 13.9. The second kappa shape index (κ2) is 5.53. The quantitative estimate of drug-likeness (QED) is 0.915. The third kappa shape index (κ3) is 3.84. The summed E-state index contributed by atoms with van der Waals surface area (Å²) in [6.07, 6.45) is 0. The summed E-state index contributed by atoms with van der Waals surface area (Å²) in [5.41, 5.74) is 0.895. The van der Waals surface area contributed by atoms with Gasteiger partial charge in [-0.15, -0.1) is 0 Å². The summed E-state index contributed by atoms with van der Waals surface area (Å²) in [6, 6.07) is 5.05. The van der Waals surface area contributed by atoms with Crippen molar-refractivity contribution < 1.29 is 9.59 Å². The van der Waals surface area contributed by atoms with Crippen molar-refractivity contribution in [3.63, 3.8) is 0 Å². The first-order valence-corrected chi connectivity index (χ1v) is 6.17. The van der Waals surface area contributed by atoms with Gasteiger partial charge in [0.1, 0.15) is 0 Å². The molecule has 0 heterocycles. The minimum atomic E-state index is -0.442. The van der Waals surface area contributed by atoms with Crippen molar-refractivity contribution in [2.45, 2.75) is 27.7 Å². The van der Waals surface area contributed by atoms with Crippen molar-refractivity contribution in [1.29, 1.82) is 0 Å². The largest absolute Gasteiger partial charge is 0.345 e. The highest BCUT2D eigenvalue weighted by Crippen LogP contribution is 2.16. The van der Waals surface area contributed by atoms with Crippen LogP contribution in [0, 0.1) is 12.3 Å². The zero-order valence-corrected chi connectivity index (χ0v) is 11.9. The average Bonchev–Trinajstić information content (AvgIpc) is 2.24. The van der Waals surface area contributed by atoms with Crippen LogP contribution in [0.3, 0.4) is 0 Å². The minimum Gasteiger partial charge on any atom is -0.345 e. The molecule has 0 unspecified atom stereocenters. The number of carbonyl (C=O) groups is 2. The molecule has 98 valence electrons. The molecule has 0 saturated heterocycles. The zero-order valence-electron chi connectivity index (χ0n) is 11.1. The van der Waals surface area contributed by atoms with Gasteiger partial charge in [0.15, 0.2) is 5.78 Å². The van der Waals surface area contributed by atoms with Crippen molar-refractivity contribution >= 4 is 23.3 Å². The van der Waals surface area contributed by atoms with Crippen LogP contribution in [-0.4, -0.2) is 18.2 Å². The molecule has 1 aromatic rings. The Morgan fingerprint density at radius 2 is 1.89 bits per heavy atom. The van der Waals surface area contributed by atoms with Crippen LogP contribution in [0.2, 0.25) is 5.02 Å². The van der Waals surface area contributed by atoms with Gasteiger partial charge in [0.25, 0.3) is 5.91 Å². The van der Waals surface area contributed by atoms with Crippen LogP contribution < -0.4 is 5.32 Å². The SMILES string of the molecule is Cc1cc(Cl)ccc1C(=O)NCC(=O)C(C)(C)C. The number of amides is 1. The number of rotatable bonds is 3. The molecule has 1 aromatic carbocycles. The smallest absolute Gasteiger partial charge is 0.251 e. The van der Waals surface area contributed by atoms with Gasteiger partial charge in [-0.1, -0.05) is 32.4 Å². The maximum atomic E-state index is 11.9. The molecule has 0 atom stereocenters. The fourth-order valence-corrected chi connectivity index (χ4v) is 1.63. The fraction of sp³-hybridized carbons (Fsp3) is 0.429. The van der Waals surface area contributed by atoms with Crippen LogP contribution in [0.4, 0.5) is 0 Å². The molecule has 0 aliphatic carbocycles. The maximum absolute atomic E-state index is 11.9. The summed E-state index contributed by atoms with van der Waals surface area (Å²) in [5.74, 6) is -0.246. The fourth-order valence-electron chi connectivity index (χ4n) is 1.40. The van der Waals surface area contributed by atoms with Crippen LogP contribution in [0.25, 0.3) is 0 Å². The standard InChI is InChI=1S/C14H18ClNO2/c1-9-7-10(15)5-6-11(9)13(18)16-8-12(17)14(2,3)4/h5-7H,8H2,1-4H3,(H,16,18). The molecule has 0 saturated carbocycles. The van der Waals surface area contributed by atoms with E-state index in [1.54, 1.807) is 18.2 Å². The highest BCUT2D eigenvalue weighted by atomic mass is 35.5. The molecule has 1 rings (SSSR count). The van der Waals surface area contributed by atoms with E-state index in [0.29, 0.717) is 10.6 Å². The van der Waals surface area contributed by atoms with E-state index in [1.807, 2.05) is 27.7 Å². The van der Waals surface area contributed by atoms with Crippen molar-refractivity contribution in [2.75, 3.05) is 6.54 Å². The molecule has 1 N–H and O–H groups in total. The molecular formula is C14H18ClNO2. The minimum absolute atomic E-state index is 0.00228. The predicted molar refractivity (Wildman–Crippen MR) is 73.0 cm³/mol. The molecule has 0 aliphatic rings. The molecular weight excluding hydrogens is 250 g/mol. The van der Waals surface area contributed by atoms with E-state index < -0.39 is 5.41 Å². The number of hydrogen-bond acceptors (Lipinski definition) is 2. The number of aryl methyl sites for hydroxylation is 1. The number of halogens is 1. The number of carbonyl (C=O) groups excluding carboxylic acids is 2. The van der Waals surface area contributed by atoms with E-state index in [4.69, 9.17) is 11.6 Å². The van der Waals surface area contributed by atoms with Gasteiger partial charge in [-0.05, 0) is 30.7 Å². The Kier molecular flexibility index (Phi) is 4.52. The van der Waals surface area contributed by atoms with Crippen LogP contribution in [-0.2, 0) is 4.79 Å². The van der Waals surface area contributed by atoms with Crippen LogP contribution in [0.5, 0.6) is 0 Å². The van der Waals surface area contributed by atoms with E-state index in [0.717, 1.165) is 5.56 Å². The molecule has 1 amide bonds. The Labute approximate surface area is 113 Å². The van der Waals surface area contributed by atoms with Gasteiger partial charge in [0.05, 0.1) is 6.54 Å². The lowest BCUT2D eigenvalue weighted by molar-refractivity contribution is -0.125. The Morgan fingerprint density at radius 3 is 2.39 bits per heavy atom. The summed E-state index contributed by atoms with van der Waals surface area (Å²) >= 11 is 5.82. The van der Waals surface area contributed by atoms with Crippen molar-refractivity contribution in [3.05, 3.63) is 34.3 Å². The second-order valence-corrected chi connectivity index (χ2v) is 5.75. The molecule has 0 radical (unpaired) electrons. The highest BCUT2D eigenvalue weighted by Gasteiger charge is 2.21. The van der Waals surface area contributed by atoms with Gasteiger partial charge >= 0.3 is 0 Å². The molecule has 0 bridgehead atoms. The molecule has 3 nitrogen and oxygen atoms in total. The first-order chi connectivity index (χ1) is 8.21. The van der Waals surface area contributed by atoms with Gasteiger partial charge in [-0.3, -0.25) is 9.59 Å². The average molecular weight is 268 g/mol. The van der Waals surface area contributed by atoms with Crippen LogP contribution in [0.15, 0.2) is 18.2 Å². The summed E-state index contributed by atoms with van der Waals surface area (Å²) in [6.45, 7) is 7.34. The van der Waals surface area contributed by atoms with Gasteiger partial charge in [-0.2, -0.15) is 0 Å². The highest BCUT2D eigenvalue weighted by molar-refractivity contribution is 6.30. The summed E-state index contributed by atoms with van der Waals surface area (Å²) in [5, 5.41) is 3.23. The summed E-state index contributed by atoms with van der Waals surface area (Å²) < 4.78 is 0. The van der Waals surface area contributed by atoms with E-state index in [1.165, 1.54) is 0 Å². The molecule has 0 fully saturated rings. The number of ketones is 1. The Balaban J connectivity index is 2.70. The van der Waals surface area contributed by atoms with Gasteiger partial charge < -0.3 is 5.32 Å². The number of benzene rings is 1. The maximum Gasteiger partial charge on any atom is 0.251 e. The van der Waals surface area contributed by atoms with Crippen LogP contribution >= 0.6 is 11.6 Å². The normalized spacial score (nSPS) is 11.2. The van der Waals surface area contributed by atoms with Gasteiger partial charge in [0.2, 0.25) is 0 Å². The Morgan fingerprint density at radius 1 is 1.28 bits per heavy atom. The van der Waals surface area contributed by atoms with E-state index in [9.17, 15) is 9.59 Å². The third-order valence-electron chi connectivity index (χ3n) is 2.68. The number of hydrogen-bond donors (Lipinski definition) is 1. The number of nitrogens with one attached hydrogen (secondary N) is 1. The molecule has 0 aromatic heterocycles. The summed E-state index contributed by atoms with van der Waals surface area (Å²) in [7, 11) is 0. The number of Topliss-reactive ketones (excluding diaryl/α,β-unsaturated/α-hetero) is 1. The van der Waals surface area contributed by atoms with Crippen molar-refractivity contribution in [3.8, 4) is 0 Å². The monoisotopic (exact) mass is 267 g/mol. The van der Waals surface area contributed by atoms with E-state index in [-0.39, 0.29) is 18.2 Å². The van der Waals surface area contributed by atoms with Crippen LogP contribution in [0.1, 0.15) is 36.7 Å². The second-order valence-electron chi connectivity index (χ2n) is 5.32. The van der Waals surface area contributed by atoms with E-state index >= 15 is 0 Å². The van der Waals surface area contributed by atoms with Crippen molar-refractivity contribution in [2.24, 2.45) is 5.41 Å². The molecule has 4 heteroatoms. The summed E-state index contributed by atoms with van der Waals surface area (Å²) in [4.78, 5) is 23.6. The lowest BCUT2D eigenvalue weighted by atomic mass is 9.91. The Hall–Kier alpha value is -1.35. The third-order valence-corrected chi connectivity index (χ3v) is 2.91. The lowest BCUT2D eigenvalue weighted by Gasteiger charge is -2.17. The Bertz CT molecular complexity index is 475. The first-order valence-electron chi connectivity index (χ1n) is 5.79. The van der Waals surface area contributed by atoms with Gasteiger partial charge in [-0.25, -0.2) is 0 Å². The topological polar surface area (TPSA) is 46.2 Å². The molecule has 18 heavy (non-hydrogen) atoms. The van der Waals surface area contributed by atoms with Gasteiger partial charge in [0, 0.05) is 16.0 Å².